The van der Waals surface area contributed by atoms with E-state index < -0.39 is 6.09 Å². The molecule has 0 bridgehead atoms. The lowest BCUT2D eigenvalue weighted by Crippen LogP contribution is -2.45. The first-order valence-corrected chi connectivity index (χ1v) is 12.0. The fourth-order valence-electron chi connectivity index (χ4n) is 4.92. The number of nitrogens with one attached hydrogen (secondary N) is 1. The average Bonchev–Trinajstić information content (AvgIpc) is 2.79. The van der Waals surface area contributed by atoms with Crippen LogP contribution in [0.4, 0.5) is 16.3 Å². The van der Waals surface area contributed by atoms with Gasteiger partial charge in [0, 0.05) is 43.5 Å². The lowest BCUT2D eigenvalue weighted by atomic mass is 9.89. The van der Waals surface area contributed by atoms with Gasteiger partial charge in [0.25, 0.3) is 0 Å². The van der Waals surface area contributed by atoms with Crippen LogP contribution in [0.3, 0.4) is 0 Å². The van der Waals surface area contributed by atoms with Gasteiger partial charge in [-0.25, -0.2) is 9.78 Å². The summed E-state index contributed by atoms with van der Waals surface area (Å²) in [6.45, 7) is 9.36. The number of benzene rings is 1. The molecule has 184 valence electrons. The second kappa shape index (κ2) is 11.1. The highest BCUT2D eigenvalue weighted by atomic mass is 35.5. The number of piperidine rings is 1. The predicted molar refractivity (Wildman–Crippen MR) is 138 cm³/mol. The van der Waals surface area contributed by atoms with Crippen LogP contribution in [0.25, 0.3) is 11.1 Å². The molecular formula is C26H35ClN4O3. The van der Waals surface area contributed by atoms with Crippen LogP contribution in [0.2, 0.25) is 0 Å². The molecule has 0 radical (unpaired) electrons. The van der Waals surface area contributed by atoms with Gasteiger partial charge in [-0.3, -0.25) is 4.79 Å². The second-order valence-electron chi connectivity index (χ2n) is 9.35. The van der Waals surface area contributed by atoms with Gasteiger partial charge >= 0.3 is 6.09 Å². The summed E-state index contributed by atoms with van der Waals surface area (Å²) < 4.78 is 5.32. The second-order valence-corrected chi connectivity index (χ2v) is 9.35. The summed E-state index contributed by atoms with van der Waals surface area (Å²) in [7, 11) is 0. The predicted octanol–water partition coefficient (Wildman–Crippen LogP) is 5.48. The fourth-order valence-corrected chi connectivity index (χ4v) is 4.92. The number of pyridine rings is 1. The van der Waals surface area contributed by atoms with Crippen molar-refractivity contribution in [3.05, 3.63) is 42.1 Å². The third-order valence-corrected chi connectivity index (χ3v) is 6.42. The van der Waals surface area contributed by atoms with Crippen LogP contribution in [0.15, 0.2) is 36.5 Å². The molecule has 0 saturated carbocycles. The first-order chi connectivity index (χ1) is 15.8. The monoisotopic (exact) mass is 486 g/mol. The van der Waals surface area contributed by atoms with Crippen molar-refractivity contribution in [3.63, 3.8) is 0 Å². The van der Waals surface area contributed by atoms with Crippen molar-refractivity contribution in [2.75, 3.05) is 22.9 Å². The van der Waals surface area contributed by atoms with Crippen molar-refractivity contribution in [1.82, 2.24) is 10.3 Å². The van der Waals surface area contributed by atoms with E-state index in [1.165, 1.54) is 19.3 Å². The Hall–Kier alpha value is -2.80. The van der Waals surface area contributed by atoms with Crippen molar-refractivity contribution < 1.29 is 14.3 Å². The highest BCUT2D eigenvalue weighted by Crippen LogP contribution is 2.39. The molecule has 7 nitrogen and oxygen atoms in total. The van der Waals surface area contributed by atoms with Gasteiger partial charge in [-0.1, -0.05) is 6.07 Å². The molecule has 3 heterocycles. The number of carbonyl (C=O) groups excluding carboxylic acids is 2. The van der Waals surface area contributed by atoms with Crippen LogP contribution in [0, 0.1) is 0 Å². The molecule has 34 heavy (non-hydrogen) atoms. The minimum absolute atomic E-state index is 0. The summed E-state index contributed by atoms with van der Waals surface area (Å²) in [4.78, 5) is 33.6. The van der Waals surface area contributed by atoms with Gasteiger partial charge in [-0.2, -0.15) is 0 Å². The Labute approximate surface area is 208 Å². The molecule has 0 unspecified atom stereocenters. The summed E-state index contributed by atoms with van der Waals surface area (Å²) in [5, 5.41) is 3.01. The first kappa shape index (κ1) is 25.8. The van der Waals surface area contributed by atoms with E-state index >= 15 is 0 Å². The van der Waals surface area contributed by atoms with Crippen LogP contribution in [-0.2, 0) is 9.53 Å². The summed E-state index contributed by atoms with van der Waals surface area (Å²) in [6, 6.07) is 9.97. The minimum atomic E-state index is -0.442. The summed E-state index contributed by atoms with van der Waals surface area (Å²) >= 11 is 0. The van der Waals surface area contributed by atoms with E-state index in [0.29, 0.717) is 6.42 Å². The van der Waals surface area contributed by atoms with E-state index in [1.54, 1.807) is 6.92 Å². The highest BCUT2D eigenvalue weighted by molar-refractivity contribution is 5.94. The molecule has 0 aliphatic carbocycles. The van der Waals surface area contributed by atoms with Gasteiger partial charge in [0.1, 0.15) is 5.82 Å². The zero-order valence-electron chi connectivity index (χ0n) is 20.4. The molecule has 1 fully saturated rings. The van der Waals surface area contributed by atoms with Gasteiger partial charge in [0.2, 0.25) is 5.91 Å². The Morgan fingerprint density at radius 1 is 1.09 bits per heavy atom. The van der Waals surface area contributed by atoms with Gasteiger partial charge in [0.15, 0.2) is 0 Å². The molecule has 0 spiro atoms. The molecule has 1 saturated heterocycles. The van der Waals surface area contributed by atoms with Crippen LogP contribution >= 0.6 is 12.4 Å². The van der Waals surface area contributed by atoms with E-state index in [4.69, 9.17) is 9.72 Å². The number of hydrogen-bond donors (Lipinski definition) is 1. The maximum Gasteiger partial charge on any atom is 0.407 e. The van der Waals surface area contributed by atoms with Crippen molar-refractivity contribution >= 4 is 35.9 Å². The number of amides is 2. The Morgan fingerprint density at radius 2 is 1.79 bits per heavy atom. The lowest BCUT2D eigenvalue weighted by molar-refractivity contribution is -0.117. The normalized spacial score (nSPS) is 19.8. The van der Waals surface area contributed by atoms with Crippen molar-refractivity contribution in [3.8, 4) is 11.1 Å². The molecule has 8 heteroatoms. The Balaban J connectivity index is 0.00000324. The van der Waals surface area contributed by atoms with Crippen LogP contribution < -0.4 is 15.1 Å². The summed E-state index contributed by atoms with van der Waals surface area (Å²) in [6.07, 6.45) is 5.61. The molecule has 2 aliphatic heterocycles. The first-order valence-electron chi connectivity index (χ1n) is 12.0. The molecule has 2 atom stereocenters. The number of nitrogens with zero attached hydrogens (tertiary/aromatic N) is 3. The number of aromatic nitrogens is 1. The SMILES string of the molecule is CC(=O)N1c2ccc(-c3ccc(N4CCCCC4)nc3)cc2[C@@H](NC(=O)OC(C)C)C[C@H]1C.Cl. The quantitative estimate of drug-likeness (QED) is 0.619. The van der Waals surface area contributed by atoms with Crippen molar-refractivity contribution in [2.45, 2.75) is 71.6 Å². The van der Waals surface area contributed by atoms with Crippen LogP contribution in [-0.4, -0.2) is 42.2 Å². The topological polar surface area (TPSA) is 74.8 Å². The molecule has 1 N–H and O–H groups in total. The zero-order valence-corrected chi connectivity index (χ0v) is 21.2. The number of hydrogen-bond acceptors (Lipinski definition) is 5. The number of carbonyl (C=O) groups is 2. The standard InChI is InChI=1S/C26H34N4O3.ClH/c1-17(2)33-26(32)28-23-14-18(3)30(19(4)31)24-10-8-20(15-22(23)24)21-9-11-25(27-16-21)29-12-6-5-7-13-29;/h8-11,15-18,23H,5-7,12-14H2,1-4H3,(H,28,32);1H/t18-,23+;/m1./s1. The Kier molecular flexibility index (Phi) is 8.42. The third-order valence-electron chi connectivity index (χ3n) is 6.42. The van der Waals surface area contributed by atoms with Gasteiger partial charge in [-0.15, -0.1) is 12.4 Å². The van der Waals surface area contributed by atoms with E-state index in [1.807, 2.05) is 44.0 Å². The Morgan fingerprint density at radius 3 is 2.41 bits per heavy atom. The van der Waals surface area contributed by atoms with Crippen molar-refractivity contribution in [1.29, 1.82) is 0 Å². The maximum atomic E-state index is 12.4. The fraction of sp³-hybridized carbons (Fsp3) is 0.500. The number of rotatable bonds is 4. The lowest BCUT2D eigenvalue weighted by Gasteiger charge is -2.39. The van der Waals surface area contributed by atoms with E-state index in [9.17, 15) is 9.59 Å². The number of halogens is 1. The zero-order chi connectivity index (χ0) is 23.5. The van der Waals surface area contributed by atoms with Crippen molar-refractivity contribution in [2.24, 2.45) is 0 Å². The molecule has 1 aromatic carbocycles. The average molecular weight is 487 g/mol. The summed E-state index contributed by atoms with van der Waals surface area (Å²) in [5.41, 5.74) is 3.77. The van der Waals surface area contributed by atoms with E-state index in [-0.39, 0.29) is 36.5 Å². The van der Waals surface area contributed by atoms with Crippen LogP contribution in [0.5, 0.6) is 0 Å². The molecular weight excluding hydrogens is 452 g/mol. The molecule has 4 rings (SSSR count). The molecule has 2 aliphatic rings. The van der Waals surface area contributed by atoms with E-state index in [0.717, 1.165) is 41.3 Å². The van der Waals surface area contributed by atoms with Gasteiger partial charge < -0.3 is 19.9 Å². The minimum Gasteiger partial charge on any atom is -0.447 e. The smallest absolute Gasteiger partial charge is 0.407 e. The third kappa shape index (κ3) is 5.63. The number of alkyl carbamates (subject to hydrolysis) is 1. The summed E-state index contributed by atoms with van der Waals surface area (Å²) in [5.74, 6) is 1.01. The van der Waals surface area contributed by atoms with Crippen LogP contribution in [0.1, 0.15) is 65.0 Å². The number of anilines is 2. The molecule has 1 aromatic heterocycles. The number of fused-ring (bicyclic) bond motifs is 1. The van der Waals surface area contributed by atoms with E-state index in [2.05, 4.69) is 28.4 Å². The largest absolute Gasteiger partial charge is 0.447 e. The number of ether oxygens (including phenoxy) is 1. The molecule has 2 amide bonds. The van der Waals surface area contributed by atoms with Gasteiger partial charge in [-0.05, 0) is 81.8 Å². The molecule has 2 aromatic rings. The van der Waals surface area contributed by atoms with Gasteiger partial charge in [0.05, 0.1) is 12.1 Å². The Bertz CT molecular complexity index is 1010. The maximum absolute atomic E-state index is 12.4. The highest BCUT2D eigenvalue weighted by Gasteiger charge is 2.33.